The largest absolute Gasteiger partial charge is 0.354 e. The average molecular weight is 603 g/mol. The second-order valence-electron chi connectivity index (χ2n) is 8.18. The molecule has 0 radical (unpaired) electrons. The number of para-hydroxylation sites is 1. The van der Waals surface area contributed by atoms with Crippen molar-refractivity contribution in [3.8, 4) is 0 Å². The lowest BCUT2D eigenvalue weighted by atomic mass is 10.1. The molecule has 0 saturated carbocycles. The predicted octanol–water partition coefficient (Wildman–Crippen LogP) is 4.17. The van der Waals surface area contributed by atoms with E-state index in [9.17, 15) is 18.0 Å². The summed E-state index contributed by atoms with van der Waals surface area (Å²) in [6, 6.07) is 13.4. The molecule has 0 bridgehead atoms. The van der Waals surface area contributed by atoms with Crippen molar-refractivity contribution >= 4 is 59.4 Å². The average Bonchev–Trinajstić information content (AvgIpc) is 2.74. The maximum absolute atomic E-state index is 13.5. The summed E-state index contributed by atoms with van der Waals surface area (Å²) in [5, 5.41) is 2.86. The molecule has 0 aliphatic rings. The molecule has 1 N–H and O–H groups in total. The van der Waals surface area contributed by atoms with Crippen LogP contribution in [0.2, 0.25) is 0 Å². The molecule has 0 fully saturated rings. The standard InChI is InChI=1S/C23H29Br2N3O4S/c1-16(2)13-26-23(30)17(3)27(14-18-9-11-19(24)12-10-18)22(29)15-28(33(4,31)32)21-8-6-5-7-20(21)25/h5-12,16-17H,13-15H2,1-4H3,(H,26,30). The summed E-state index contributed by atoms with van der Waals surface area (Å²) in [5.74, 6) is -0.514. The lowest BCUT2D eigenvalue weighted by Gasteiger charge is -2.32. The van der Waals surface area contributed by atoms with E-state index < -0.39 is 28.5 Å². The summed E-state index contributed by atoms with van der Waals surface area (Å²) in [5.41, 5.74) is 1.18. The van der Waals surface area contributed by atoms with Gasteiger partial charge in [0.15, 0.2) is 0 Å². The van der Waals surface area contributed by atoms with E-state index in [0.717, 1.165) is 20.6 Å². The molecule has 0 aliphatic carbocycles. The molecule has 7 nitrogen and oxygen atoms in total. The molecule has 2 amide bonds. The summed E-state index contributed by atoms with van der Waals surface area (Å²) in [7, 11) is -3.77. The van der Waals surface area contributed by atoms with Crippen LogP contribution in [0.25, 0.3) is 0 Å². The Bertz CT molecular complexity index is 1080. The zero-order chi connectivity index (χ0) is 24.8. The number of carbonyl (C=O) groups excluding carboxylic acids is 2. The van der Waals surface area contributed by atoms with Crippen LogP contribution in [0.1, 0.15) is 26.3 Å². The molecule has 0 aliphatic heterocycles. The van der Waals surface area contributed by atoms with Gasteiger partial charge in [-0.1, -0.05) is 54.0 Å². The number of rotatable bonds is 10. The van der Waals surface area contributed by atoms with Crippen LogP contribution in [-0.4, -0.2) is 50.5 Å². The molecule has 0 saturated heterocycles. The second-order valence-corrected chi connectivity index (χ2v) is 11.9. The Balaban J connectivity index is 2.36. The molecule has 2 rings (SSSR count). The number of amides is 2. The fourth-order valence-electron chi connectivity index (χ4n) is 3.07. The van der Waals surface area contributed by atoms with Gasteiger partial charge in [0.1, 0.15) is 12.6 Å². The third-order valence-electron chi connectivity index (χ3n) is 4.92. The molecule has 0 spiro atoms. The lowest BCUT2D eigenvalue weighted by molar-refractivity contribution is -0.139. The highest BCUT2D eigenvalue weighted by molar-refractivity contribution is 9.10. The topological polar surface area (TPSA) is 86.8 Å². The van der Waals surface area contributed by atoms with Crippen LogP contribution in [0.3, 0.4) is 0 Å². The Morgan fingerprint density at radius 2 is 1.61 bits per heavy atom. The molecule has 33 heavy (non-hydrogen) atoms. The summed E-state index contributed by atoms with van der Waals surface area (Å²) >= 11 is 6.76. The highest BCUT2D eigenvalue weighted by Gasteiger charge is 2.30. The van der Waals surface area contributed by atoms with Crippen molar-refractivity contribution in [3.63, 3.8) is 0 Å². The van der Waals surface area contributed by atoms with Crippen LogP contribution in [0.4, 0.5) is 5.69 Å². The van der Waals surface area contributed by atoms with Crippen molar-refractivity contribution < 1.29 is 18.0 Å². The summed E-state index contributed by atoms with van der Waals surface area (Å²) in [6.07, 6.45) is 1.05. The van der Waals surface area contributed by atoms with Crippen molar-refractivity contribution in [2.75, 3.05) is 23.7 Å². The van der Waals surface area contributed by atoms with Crippen LogP contribution in [0.5, 0.6) is 0 Å². The SMILES string of the molecule is CC(C)CNC(=O)C(C)N(Cc1ccc(Br)cc1)C(=O)CN(c1ccccc1Br)S(C)(=O)=O. The van der Waals surface area contributed by atoms with Gasteiger partial charge in [-0.05, 0) is 58.6 Å². The number of hydrogen-bond acceptors (Lipinski definition) is 4. The van der Waals surface area contributed by atoms with E-state index in [4.69, 9.17) is 0 Å². The normalized spacial score (nSPS) is 12.3. The van der Waals surface area contributed by atoms with E-state index in [0.29, 0.717) is 16.7 Å². The van der Waals surface area contributed by atoms with Gasteiger partial charge in [0, 0.05) is 22.0 Å². The summed E-state index contributed by atoms with van der Waals surface area (Å²) < 4.78 is 27.6. The van der Waals surface area contributed by atoms with Crippen LogP contribution >= 0.6 is 31.9 Å². The van der Waals surface area contributed by atoms with Crippen molar-refractivity contribution in [3.05, 3.63) is 63.0 Å². The molecular formula is C23H29Br2N3O4S. The third kappa shape index (κ3) is 8.12. The number of anilines is 1. The highest BCUT2D eigenvalue weighted by atomic mass is 79.9. The molecule has 1 atom stereocenters. The number of hydrogen-bond donors (Lipinski definition) is 1. The Morgan fingerprint density at radius 1 is 1.00 bits per heavy atom. The molecule has 0 aromatic heterocycles. The molecule has 180 valence electrons. The number of carbonyl (C=O) groups is 2. The van der Waals surface area contributed by atoms with E-state index in [2.05, 4.69) is 37.2 Å². The first-order chi connectivity index (χ1) is 15.4. The minimum Gasteiger partial charge on any atom is -0.354 e. The van der Waals surface area contributed by atoms with Crippen LogP contribution in [0, 0.1) is 5.92 Å². The monoisotopic (exact) mass is 601 g/mol. The zero-order valence-electron chi connectivity index (χ0n) is 19.1. The summed E-state index contributed by atoms with van der Waals surface area (Å²) in [6.45, 7) is 5.83. The van der Waals surface area contributed by atoms with Gasteiger partial charge in [-0.2, -0.15) is 0 Å². The highest BCUT2D eigenvalue weighted by Crippen LogP contribution is 2.28. The van der Waals surface area contributed by atoms with E-state index in [1.54, 1.807) is 31.2 Å². The fourth-order valence-corrected chi connectivity index (χ4v) is 4.81. The van der Waals surface area contributed by atoms with Gasteiger partial charge in [-0.25, -0.2) is 8.42 Å². The third-order valence-corrected chi connectivity index (χ3v) is 7.24. The van der Waals surface area contributed by atoms with Crippen molar-refractivity contribution in [2.45, 2.75) is 33.4 Å². The van der Waals surface area contributed by atoms with Gasteiger partial charge in [0.05, 0.1) is 11.9 Å². The van der Waals surface area contributed by atoms with Crippen LogP contribution in [0.15, 0.2) is 57.5 Å². The number of nitrogens with zero attached hydrogens (tertiary/aromatic N) is 2. The number of benzene rings is 2. The Kier molecular flexibility index (Phi) is 9.93. The van der Waals surface area contributed by atoms with E-state index in [1.807, 2.05) is 38.1 Å². The number of sulfonamides is 1. The second kappa shape index (κ2) is 12.0. The molecule has 10 heteroatoms. The fraction of sp³-hybridized carbons (Fsp3) is 0.391. The molecular weight excluding hydrogens is 574 g/mol. The minimum absolute atomic E-state index is 0.163. The Morgan fingerprint density at radius 3 is 2.15 bits per heavy atom. The minimum atomic E-state index is -3.77. The van der Waals surface area contributed by atoms with E-state index in [-0.39, 0.29) is 18.4 Å². The first-order valence-electron chi connectivity index (χ1n) is 10.4. The van der Waals surface area contributed by atoms with Gasteiger partial charge in [0.2, 0.25) is 21.8 Å². The molecule has 2 aromatic carbocycles. The van der Waals surface area contributed by atoms with Gasteiger partial charge in [-0.15, -0.1) is 0 Å². The summed E-state index contributed by atoms with van der Waals surface area (Å²) in [4.78, 5) is 27.7. The quantitative estimate of drug-likeness (QED) is 0.442. The van der Waals surface area contributed by atoms with Crippen LogP contribution in [-0.2, 0) is 26.2 Å². The van der Waals surface area contributed by atoms with Gasteiger partial charge in [0.25, 0.3) is 0 Å². The van der Waals surface area contributed by atoms with E-state index in [1.165, 1.54) is 4.90 Å². The lowest BCUT2D eigenvalue weighted by Crippen LogP contribution is -2.51. The predicted molar refractivity (Wildman–Crippen MR) is 138 cm³/mol. The van der Waals surface area contributed by atoms with Gasteiger partial charge in [-0.3, -0.25) is 13.9 Å². The van der Waals surface area contributed by atoms with Crippen molar-refractivity contribution in [2.24, 2.45) is 5.92 Å². The maximum Gasteiger partial charge on any atom is 0.244 e. The van der Waals surface area contributed by atoms with Crippen molar-refractivity contribution in [1.29, 1.82) is 0 Å². The number of halogens is 2. The van der Waals surface area contributed by atoms with Crippen molar-refractivity contribution in [1.82, 2.24) is 10.2 Å². The van der Waals surface area contributed by atoms with Gasteiger partial charge < -0.3 is 10.2 Å². The molecule has 0 heterocycles. The first kappa shape index (κ1) is 27.3. The number of nitrogens with one attached hydrogen (secondary N) is 1. The Labute approximate surface area is 212 Å². The Hall–Kier alpha value is -1.91. The molecule has 1 unspecified atom stereocenters. The van der Waals surface area contributed by atoms with E-state index >= 15 is 0 Å². The van der Waals surface area contributed by atoms with Gasteiger partial charge >= 0.3 is 0 Å². The first-order valence-corrected chi connectivity index (χ1v) is 13.9. The smallest absolute Gasteiger partial charge is 0.244 e. The molecule has 2 aromatic rings. The maximum atomic E-state index is 13.5. The zero-order valence-corrected chi connectivity index (χ0v) is 23.1. The van der Waals surface area contributed by atoms with Crippen LogP contribution < -0.4 is 9.62 Å².